The lowest BCUT2D eigenvalue weighted by atomic mass is 10.2. The molecule has 11 heteroatoms. The van der Waals surface area contributed by atoms with Crippen LogP contribution in [0.3, 0.4) is 0 Å². The molecule has 0 N–H and O–H groups in total. The second-order valence-corrected chi connectivity index (χ2v) is 6.58. The van der Waals surface area contributed by atoms with Crippen LogP contribution < -0.4 is 14.2 Å². The number of carbonyl (C=O) groups excluding carboxylic acids is 1. The number of nitrogens with zero attached hydrogens (tertiary/aromatic N) is 2. The molecule has 1 aromatic heterocycles. The minimum Gasteiger partial charge on any atom is -0.493 e. The molecule has 0 aliphatic carbocycles. The largest absolute Gasteiger partial charge is 0.493 e. The third-order valence-electron chi connectivity index (χ3n) is 3.62. The fraction of sp³-hybridized carbons (Fsp3) is 0.211. The highest BCUT2D eigenvalue weighted by molar-refractivity contribution is 9.10. The van der Waals surface area contributed by atoms with Crippen molar-refractivity contribution in [1.82, 2.24) is 10.1 Å². The molecule has 0 aliphatic rings. The maximum atomic E-state index is 12.4. The number of methoxy groups -OCH3 is 1. The average molecular weight is 485 g/mol. The van der Waals surface area contributed by atoms with Gasteiger partial charge in [0.05, 0.1) is 7.11 Å². The Labute approximate surface area is 177 Å². The Kier molecular flexibility index (Phi) is 7.17. The molecule has 2 aromatic carbocycles. The van der Waals surface area contributed by atoms with Crippen LogP contribution in [0.4, 0.5) is 8.78 Å². The Balaban J connectivity index is 1.56. The third kappa shape index (κ3) is 5.89. The van der Waals surface area contributed by atoms with Crippen LogP contribution in [0.15, 0.2) is 51.5 Å². The predicted molar refractivity (Wildman–Crippen MR) is 102 cm³/mol. The van der Waals surface area contributed by atoms with Gasteiger partial charge in [0.2, 0.25) is 5.82 Å². The molecular weight excluding hydrogens is 470 g/mol. The van der Waals surface area contributed by atoms with E-state index in [1.807, 2.05) is 6.07 Å². The number of carbonyl (C=O) groups is 1. The van der Waals surface area contributed by atoms with Crippen molar-refractivity contribution in [1.29, 1.82) is 0 Å². The van der Waals surface area contributed by atoms with Gasteiger partial charge in [-0.05, 0) is 36.4 Å². The molecule has 8 nitrogen and oxygen atoms in total. The Bertz CT molecular complexity index is 1010. The van der Waals surface area contributed by atoms with E-state index in [1.165, 1.54) is 25.3 Å². The van der Waals surface area contributed by atoms with E-state index in [9.17, 15) is 13.6 Å². The number of hydrogen-bond donors (Lipinski definition) is 0. The minimum absolute atomic E-state index is 0.0488. The molecule has 1 heterocycles. The van der Waals surface area contributed by atoms with Gasteiger partial charge >= 0.3 is 12.6 Å². The van der Waals surface area contributed by atoms with Crippen molar-refractivity contribution < 1.29 is 37.0 Å². The molecule has 0 fully saturated rings. The molecule has 0 aliphatic heterocycles. The lowest BCUT2D eigenvalue weighted by Crippen LogP contribution is -2.14. The zero-order chi connectivity index (χ0) is 21.5. The standard InChI is InChI=1S/C19H15BrF2N2O6/c1-26-15-7-11(5-6-14(15)29-19(21)22)18-23-16(30-24-18)9-28-17(25)10-27-13-4-2-3-12(20)8-13/h2-8,19H,9-10H2,1H3. The number of alkyl halides is 2. The number of ether oxygens (including phenoxy) is 4. The van der Waals surface area contributed by atoms with Gasteiger partial charge in [0.1, 0.15) is 5.75 Å². The SMILES string of the molecule is COc1cc(-c2noc(COC(=O)COc3cccc(Br)c3)n2)ccc1OC(F)F. The van der Waals surface area contributed by atoms with E-state index in [4.69, 9.17) is 18.7 Å². The van der Waals surface area contributed by atoms with Crippen LogP contribution in [0.1, 0.15) is 5.89 Å². The van der Waals surface area contributed by atoms with Crippen molar-refractivity contribution in [3.63, 3.8) is 0 Å². The fourth-order valence-corrected chi connectivity index (χ4v) is 2.69. The number of hydrogen-bond acceptors (Lipinski definition) is 8. The van der Waals surface area contributed by atoms with Gasteiger partial charge in [0.15, 0.2) is 24.7 Å². The van der Waals surface area contributed by atoms with E-state index < -0.39 is 12.6 Å². The lowest BCUT2D eigenvalue weighted by molar-refractivity contribution is -0.148. The molecule has 0 spiro atoms. The number of benzene rings is 2. The van der Waals surface area contributed by atoms with E-state index in [2.05, 4.69) is 30.8 Å². The van der Waals surface area contributed by atoms with Crippen molar-refractivity contribution in [3.8, 4) is 28.6 Å². The Hall–Kier alpha value is -3.21. The second kappa shape index (κ2) is 10.0. The van der Waals surface area contributed by atoms with Gasteiger partial charge in [-0.1, -0.05) is 27.2 Å². The summed E-state index contributed by atoms with van der Waals surface area (Å²) in [6.45, 7) is -3.53. The predicted octanol–water partition coefficient (Wildman–Crippen LogP) is 4.23. The van der Waals surface area contributed by atoms with Crippen LogP contribution in [-0.2, 0) is 16.1 Å². The van der Waals surface area contributed by atoms with E-state index in [0.717, 1.165) is 4.47 Å². The minimum atomic E-state index is -2.98. The van der Waals surface area contributed by atoms with Crippen LogP contribution in [-0.4, -0.2) is 36.4 Å². The smallest absolute Gasteiger partial charge is 0.387 e. The van der Waals surface area contributed by atoms with Gasteiger partial charge in [0, 0.05) is 10.0 Å². The van der Waals surface area contributed by atoms with Crippen molar-refractivity contribution >= 4 is 21.9 Å². The molecule has 3 aromatic rings. The molecule has 0 saturated heterocycles. The quantitative estimate of drug-likeness (QED) is 0.416. The fourth-order valence-electron chi connectivity index (χ4n) is 2.31. The highest BCUT2D eigenvalue weighted by atomic mass is 79.9. The van der Waals surface area contributed by atoms with E-state index in [-0.39, 0.29) is 36.4 Å². The summed E-state index contributed by atoms with van der Waals surface area (Å²) in [6, 6.07) is 11.2. The van der Waals surface area contributed by atoms with Crippen molar-refractivity contribution in [2.45, 2.75) is 13.2 Å². The first kappa shape index (κ1) is 21.5. The summed E-state index contributed by atoms with van der Waals surface area (Å²) in [5, 5.41) is 3.78. The molecule has 0 radical (unpaired) electrons. The molecule has 0 bridgehead atoms. The van der Waals surface area contributed by atoms with Crippen LogP contribution in [0.2, 0.25) is 0 Å². The summed E-state index contributed by atoms with van der Waals surface area (Å²) in [5.74, 6) is 0.0511. The Morgan fingerprint density at radius 1 is 1.20 bits per heavy atom. The average Bonchev–Trinajstić information content (AvgIpc) is 3.20. The molecule has 158 valence electrons. The zero-order valence-electron chi connectivity index (χ0n) is 15.5. The molecule has 3 rings (SSSR count). The Morgan fingerprint density at radius 2 is 2.03 bits per heavy atom. The topological polar surface area (TPSA) is 92.9 Å². The number of rotatable bonds is 9. The highest BCUT2D eigenvalue weighted by Gasteiger charge is 2.16. The summed E-state index contributed by atoms with van der Waals surface area (Å²) in [4.78, 5) is 15.9. The normalized spacial score (nSPS) is 10.7. The first-order valence-electron chi connectivity index (χ1n) is 8.44. The summed E-state index contributed by atoms with van der Waals surface area (Å²) < 4.78 is 50.4. The van der Waals surface area contributed by atoms with Gasteiger partial charge in [-0.15, -0.1) is 0 Å². The van der Waals surface area contributed by atoms with E-state index in [1.54, 1.807) is 18.2 Å². The first-order valence-corrected chi connectivity index (χ1v) is 9.23. The van der Waals surface area contributed by atoms with Crippen LogP contribution >= 0.6 is 15.9 Å². The molecular formula is C19H15BrF2N2O6. The lowest BCUT2D eigenvalue weighted by Gasteiger charge is -2.10. The molecule has 0 saturated carbocycles. The maximum absolute atomic E-state index is 12.4. The van der Waals surface area contributed by atoms with Gasteiger partial charge in [-0.2, -0.15) is 13.8 Å². The van der Waals surface area contributed by atoms with E-state index in [0.29, 0.717) is 11.3 Å². The Morgan fingerprint density at radius 3 is 2.77 bits per heavy atom. The molecule has 0 atom stereocenters. The van der Waals surface area contributed by atoms with Crippen molar-refractivity contribution in [2.24, 2.45) is 0 Å². The summed E-state index contributed by atoms with van der Waals surface area (Å²) in [6.07, 6.45) is 0. The van der Waals surface area contributed by atoms with Gasteiger partial charge in [0.25, 0.3) is 5.89 Å². The van der Waals surface area contributed by atoms with Gasteiger partial charge in [-0.25, -0.2) is 4.79 Å². The van der Waals surface area contributed by atoms with Gasteiger partial charge in [-0.3, -0.25) is 0 Å². The summed E-state index contributed by atoms with van der Waals surface area (Å²) >= 11 is 3.30. The third-order valence-corrected chi connectivity index (χ3v) is 4.11. The maximum Gasteiger partial charge on any atom is 0.387 e. The summed E-state index contributed by atoms with van der Waals surface area (Å²) in [7, 11) is 1.31. The zero-order valence-corrected chi connectivity index (χ0v) is 17.1. The molecule has 0 unspecified atom stereocenters. The number of aromatic nitrogens is 2. The number of esters is 1. The molecule has 30 heavy (non-hydrogen) atoms. The van der Waals surface area contributed by atoms with Crippen LogP contribution in [0.25, 0.3) is 11.4 Å². The second-order valence-electron chi connectivity index (χ2n) is 5.66. The first-order chi connectivity index (χ1) is 14.4. The monoisotopic (exact) mass is 484 g/mol. The summed E-state index contributed by atoms with van der Waals surface area (Å²) in [5.41, 5.74) is 0.438. The van der Waals surface area contributed by atoms with Gasteiger partial charge < -0.3 is 23.5 Å². The van der Waals surface area contributed by atoms with E-state index >= 15 is 0 Å². The molecule has 0 amide bonds. The number of halogens is 3. The van der Waals surface area contributed by atoms with Crippen LogP contribution in [0, 0.1) is 0 Å². The van der Waals surface area contributed by atoms with Crippen molar-refractivity contribution in [2.75, 3.05) is 13.7 Å². The van der Waals surface area contributed by atoms with Crippen LogP contribution in [0.5, 0.6) is 17.2 Å². The van der Waals surface area contributed by atoms with Crippen molar-refractivity contribution in [3.05, 3.63) is 52.8 Å². The highest BCUT2D eigenvalue weighted by Crippen LogP contribution is 2.32.